The molecule has 0 amide bonds. The van der Waals surface area contributed by atoms with Crippen LogP contribution in [-0.2, 0) is 14.8 Å². The molecule has 1 N–H and O–H groups in total. The van der Waals surface area contributed by atoms with Crippen molar-refractivity contribution in [3.8, 4) is 0 Å². The van der Waals surface area contributed by atoms with Gasteiger partial charge in [-0.05, 0) is 19.4 Å². The second-order valence-corrected chi connectivity index (χ2v) is 6.07. The Kier molecular flexibility index (Phi) is 5.68. The number of likely N-dealkylation sites (N-methyl/N-ethyl adjacent to an activating group) is 1. The summed E-state index contributed by atoms with van der Waals surface area (Å²) in [5, 5.41) is 3.21. The molecule has 6 heteroatoms. The summed E-state index contributed by atoms with van der Waals surface area (Å²) in [6.07, 6.45) is 2.03. The largest absolute Gasteiger partial charge is 0.383 e. The van der Waals surface area contributed by atoms with Gasteiger partial charge in [0.25, 0.3) is 0 Å². The van der Waals surface area contributed by atoms with Crippen molar-refractivity contribution in [2.24, 2.45) is 0 Å². The van der Waals surface area contributed by atoms with E-state index in [0.29, 0.717) is 19.7 Å². The first-order valence-electron chi connectivity index (χ1n) is 5.80. The number of methoxy groups -OCH3 is 1. The number of hydrogen-bond acceptors (Lipinski definition) is 4. The monoisotopic (exact) mass is 250 g/mol. The smallest absolute Gasteiger partial charge is 0.215 e. The summed E-state index contributed by atoms with van der Waals surface area (Å²) in [4.78, 5) is 0. The molecule has 0 spiro atoms. The molecular weight excluding hydrogens is 228 g/mol. The van der Waals surface area contributed by atoms with Gasteiger partial charge in [-0.25, -0.2) is 8.42 Å². The SMILES string of the molecule is CCN(CCOC)S(=O)(=O)CC1CCCN1. The lowest BCUT2D eigenvalue weighted by atomic mass is 10.3. The Hall–Kier alpha value is -0.170. The third kappa shape index (κ3) is 4.01. The summed E-state index contributed by atoms with van der Waals surface area (Å²) in [6, 6.07) is 0.126. The van der Waals surface area contributed by atoms with Crippen LogP contribution < -0.4 is 5.32 Å². The molecule has 5 nitrogen and oxygen atoms in total. The topological polar surface area (TPSA) is 58.6 Å². The lowest BCUT2D eigenvalue weighted by Gasteiger charge is -2.22. The van der Waals surface area contributed by atoms with E-state index in [2.05, 4.69) is 5.32 Å². The van der Waals surface area contributed by atoms with Crippen LogP contribution in [0.1, 0.15) is 19.8 Å². The van der Waals surface area contributed by atoms with Crippen LogP contribution in [0.25, 0.3) is 0 Å². The summed E-state index contributed by atoms with van der Waals surface area (Å²) < 4.78 is 30.5. The second-order valence-electron chi connectivity index (χ2n) is 4.06. The highest BCUT2D eigenvalue weighted by molar-refractivity contribution is 7.89. The van der Waals surface area contributed by atoms with E-state index in [9.17, 15) is 8.42 Å². The normalized spacial score (nSPS) is 21.8. The van der Waals surface area contributed by atoms with Gasteiger partial charge < -0.3 is 10.1 Å². The van der Waals surface area contributed by atoms with Gasteiger partial charge in [-0.15, -0.1) is 0 Å². The Bertz CT molecular complexity index is 286. The van der Waals surface area contributed by atoms with E-state index in [0.717, 1.165) is 19.4 Å². The highest BCUT2D eigenvalue weighted by Crippen LogP contribution is 2.10. The maximum absolute atomic E-state index is 12.1. The molecule has 1 aliphatic rings. The maximum atomic E-state index is 12.1. The molecule has 1 saturated heterocycles. The first kappa shape index (κ1) is 13.9. The van der Waals surface area contributed by atoms with Crippen LogP contribution in [0.5, 0.6) is 0 Å². The molecule has 0 aliphatic carbocycles. The minimum Gasteiger partial charge on any atom is -0.383 e. The first-order valence-corrected chi connectivity index (χ1v) is 7.41. The van der Waals surface area contributed by atoms with Crippen molar-refractivity contribution < 1.29 is 13.2 Å². The summed E-state index contributed by atoms with van der Waals surface area (Å²) >= 11 is 0. The highest BCUT2D eigenvalue weighted by atomic mass is 32.2. The predicted molar refractivity (Wildman–Crippen MR) is 63.9 cm³/mol. The van der Waals surface area contributed by atoms with E-state index < -0.39 is 10.0 Å². The standard InChI is InChI=1S/C10H22N2O3S/c1-3-12(7-8-15-2)16(13,14)9-10-5-4-6-11-10/h10-11H,3-9H2,1-2H3. The zero-order valence-corrected chi connectivity index (χ0v) is 10.9. The van der Waals surface area contributed by atoms with Crippen LogP contribution in [0.4, 0.5) is 0 Å². The number of hydrogen-bond donors (Lipinski definition) is 1. The maximum Gasteiger partial charge on any atom is 0.215 e. The number of ether oxygens (including phenoxy) is 1. The summed E-state index contributed by atoms with van der Waals surface area (Å²) in [7, 11) is -1.55. The first-order chi connectivity index (χ1) is 7.60. The minimum atomic E-state index is -3.14. The molecule has 1 rings (SSSR count). The van der Waals surface area contributed by atoms with Crippen LogP contribution in [0, 0.1) is 0 Å². The molecule has 96 valence electrons. The van der Waals surface area contributed by atoms with Crippen molar-refractivity contribution in [2.45, 2.75) is 25.8 Å². The van der Waals surface area contributed by atoms with Crippen molar-refractivity contribution in [3.63, 3.8) is 0 Å². The van der Waals surface area contributed by atoms with Crippen molar-refractivity contribution in [3.05, 3.63) is 0 Å². The molecule has 1 atom stereocenters. The van der Waals surface area contributed by atoms with Gasteiger partial charge >= 0.3 is 0 Å². The fourth-order valence-electron chi connectivity index (χ4n) is 1.95. The van der Waals surface area contributed by atoms with Crippen LogP contribution in [0.3, 0.4) is 0 Å². The molecule has 1 unspecified atom stereocenters. The van der Waals surface area contributed by atoms with Crippen LogP contribution >= 0.6 is 0 Å². The van der Waals surface area contributed by atoms with Crippen LogP contribution in [-0.4, -0.2) is 57.9 Å². The number of rotatable bonds is 7. The Morgan fingerprint density at radius 1 is 1.50 bits per heavy atom. The van der Waals surface area contributed by atoms with E-state index in [-0.39, 0.29) is 11.8 Å². The predicted octanol–water partition coefficient (Wildman–Crippen LogP) is 0.0365. The van der Waals surface area contributed by atoms with Crippen molar-refractivity contribution in [1.29, 1.82) is 0 Å². The minimum absolute atomic E-state index is 0.126. The molecule has 1 aliphatic heterocycles. The molecule has 16 heavy (non-hydrogen) atoms. The quantitative estimate of drug-likeness (QED) is 0.693. The Labute approximate surface area is 98.2 Å². The van der Waals surface area contributed by atoms with Crippen molar-refractivity contribution in [2.75, 3.05) is 39.1 Å². The van der Waals surface area contributed by atoms with Gasteiger partial charge in [0.15, 0.2) is 0 Å². The molecular formula is C10H22N2O3S. The lowest BCUT2D eigenvalue weighted by Crippen LogP contribution is -2.41. The molecule has 1 heterocycles. The molecule has 0 bridgehead atoms. The Balaban J connectivity index is 2.51. The number of nitrogens with one attached hydrogen (secondary N) is 1. The molecule has 0 saturated carbocycles. The van der Waals surface area contributed by atoms with E-state index in [1.165, 1.54) is 4.31 Å². The fourth-order valence-corrected chi connectivity index (χ4v) is 3.70. The molecule has 0 aromatic heterocycles. The Morgan fingerprint density at radius 3 is 2.75 bits per heavy atom. The van der Waals surface area contributed by atoms with Gasteiger partial charge in [-0.3, -0.25) is 0 Å². The van der Waals surface area contributed by atoms with Crippen molar-refractivity contribution in [1.82, 2.24) is 9.62 Å². The molecule has 0 radical (unpaired) electrons. The average Bonchev–Trinajstić information content (AvgIpc) is 2.70. The summed E-state index contributed by atoms with van der Waals surface area (Å²) in [5.41, 5.74) is 0. The van der Waals surface area contributed by atoms with E-state index in [1.807, 2.05) is 6.92 Å². The van der Waals surface area contributed by atoms with Gasteiger partial charge in [0.1, 0.15) is 0 Å². The third-order valence-corrected chi connectivity index (χ3v) is 4.92. The summed E-state index contributed by atoms with van der Waals surface area (Å²) in [6.45, 7) is 4.20. The highest BCUT2D eigenvalue weighted by Gasteiger charge is 2.26. The molecule has 0 aromatic rings. The number of sulfonamides is 1. The van der Waals surface area contributed by atoms with Crippen LogP contribution in [0.2, 0.25) is 0 Å². The van der Waals surface area contributed by atoms with E-state index in [1.54, 1.807) is 7.11 Å². The average molecular weight is 250 g/mol. The number of nitrogens with zero attached hydrogens (tertiary/aromatic N) is 1. The van der Waals surface area contributed by atoms with E-state index >= 15 is 0 Å². The molecule has 0 aromatic carbocycles. The van der Waals surface area contributed by atoms with Crippen molar-refractivity contribution >= 4 is 10.0 Å². The van der Waals surface area contributed by atoms with E-state index in [4.69, 9.17) is 4.74 Å². The zero-order valence-electron chi connectivity index (χ0n) is 10.1. The third-order valence-electron chi connectivity index (χ3n) is 2.87. The van der Waals surface area contributed by atoms with Gasteiger partial charge in [0, 0.05) is 26.2 Å². The van der Waals surface area contributed by atoms with Gasteiger partial charge in [-0.2, -0.15) is 4.31 Å². The lowest BCUT2D eigenvalue weighted by molar-refractivity contribution is 0.180. The Morgan fingerprint density at radius 2 is 2.25 bits per heavy atom. The molecule has 1 fully saturated rings. The van der Waals surface area contributed by atoms with Gasteiger partial charge in [-0.1, -0.05) is 6.92 Å². The zero-order chi connectivity index (χ0) is 12.0. The van der Waals surface area contributed by atoms with Gasteiger partial charge in [0.05, 0.1) is 12.4 Å². The van der Waals surface area contributed by atoms with Gasteiger partial charge in [0.2, 0.25) is 10.0 Å². The second kappa shape index (κ2) is 6.54. The summed E-state index contributed by atoms with van der Waals surface area (Å²) in [5.74, 6) is 0.213. The fraction of sp³-hybridized carbons (Fsp3) is 1.00. The van der Waals surface area contributed by atoms with Crippen LogP contribution in [0.15, 0.2) is 0 Å².